The second kappa shape index (κ2) is 8.93. The summed E-state index contributed by atoms with van der Waals surface area (Å²) in [5.74, 6) is 0. The summed E-state index contributed by atoms with van der Waals surface area (Å²) in [7, 11) is 8.57. The molecule has 0 aromatic heterocycles. The number of hydrogen-bond acceptors (Lipinski definition) is 4. The Bertz CT molecular complexity index is 129. The van der Waals surface area contributed by atoms with Crippen molar-refractivity contribution in [3.63, 3.8) is 0 Å². The van der Waals surface area contributed by atoms with E-state index < -0.39 is 0 Å². The second-order valence-corrected chi connectivity index (χ2v) is 4.60. The van der Waals surface area contributed by atoms with Gasteiger partial charge in [0.15, 0.2) is 0 Å². The Hall–Kier alpha value is -0.160. The number of rotatable bonds is 0. The minimum atomic E-state index is 1.14. The molecular weight excluding hydrogens is 200 g/mol. The third-order valence-corrected chi connectivity index (χ3v) is 2.69. The molecule has 0 aromatic rings. The summed E-state index contributed by atoms with van der Waals surface area (Å²) in [6.45, 7) is 11.2. The standard InChI is InChI=1S/2C5H12N2.C2H6/c2*1-6-3-4-7(2)5-6;1-2/h2*3-5H2,1-2H3;1-2H3. The second-order valence-electron chi connectivity index (χ2n) is 4.60. The lowest BCUT2D eigenvalue weighted by atomic mass is 10.6. The molecule has 0 bridgehead atoms. The summed E-state index contributed by atoms with van der Waals surface area (Å²) in [6.07, 6.45) is 0. The molecule has 0 atom stereocenters. The van der Waals surface area contributed by atoms with Crippen LogP contribution in [0.25, 0.3) is 0 Å². The highest BCUT2D eigenvalue weighted by Crippen LogP contribution is 1.96. The molecule has 2 aliphatic heterocycles. The molecule has 0 aromatic carbocycles. The zero-order valence-corrected chi connectivity index (χ0v) is 12.0. The van der Waals surface area contributed by atoms with Crippen LogP contribution >= 0.6 is 0 Å². The first-order valence-corrected chi connectivity index (χ1v) is 6.32. The van der Waals surface area contributed by atoms with Gasteiger partial charge in [-0.15, -0.1) is 0 Å². The van der Waals surface area contributed by atoms with Crippen LogP contribution in [0.4, 0.5) is 0 Å². The normalized spacial score (nSPS) is 23.6. The quantitative estimate of drug-likeness (QED) is 0.606. The summed E-state index contributed by atoms with van der Waals surface area (Å²) in [6, 6.07) is 0. The van der Waals surface area contributed by atoms with Gasteiger partial charge >= 0.3 is 0 Å². The first kappa shape index (κ1) is 15.8. The Labute approximate surface area is 102 Å². The largest absolute Gasteiger partial charge is 0.292 e. The predicted octanol–water partition coefficient (Wildman–Crippen LogP) is 0.668. The van der Waals surface area contributed by atoms with E-state index in [1.807, 2.05) is 13.8 Å². The van der Waals surface area contributed by atoms with Crippen molar-refractivity contribution in [2.24, 2.45) is 0 Å². The minimum absolute atomic E-state index is 1.14. The van der Waals surface area contributed by atoms with Gasteiger partial charge in [0.05, 0.1) is 13.3 Å². The van der Waals surface area contributed by atoms with Gasteiger partial charge in [-0.1, -0.05) is 13.8 Å². The summed E-state index contributed by atoms with van der Waals surface area (Å²) in [4.78, 5) is 9.22. The van der Waals surface area contributed by atoms with E-state index in [9.17, 15) is 0 Å². The van der Waals surface area contributed by atoms with E-state index in [0.717, 1.165) is 13.3 Å². The maximum Gasteiger partial charge on any atom is 0.0501 e. The van der Waals surface area contributed by atoms with Crippen LogP contribution in [0.1, 0.15) is 13.8 Å². The van der Waals surface area contributed by atoms with Crippen LogP contribution in [0.15, 0.2) is 0 Å². The number of nitrogens with zero attached hydrogens (tertiary/aromatic N) is 4. The van der Waals surface area contributed by atoms with E-state index in [4.69, 9.17) is 0 Å². The van der Waals surface area contributed by atoms with Crippen LogP contribution in [-0.2, 0) is 0 Å². The fourth-order valence-electron chi connectivity index (χ4n) is 1.79. The maximum absolute atomic E-state index is 2.31. The van der Waals surface area contributed by atoms with Gasteiger partial charge in [0, 0.05) is 26.2 Å². The summed E-state index contributed by atoms with van der Waals surface area (Å²) in [5, 5.41) is 0. The minimum Gasteiger partial charge on any atom is -0.292 e. The third kappa shape index (κ3) is 7.17. The molecule has 4 heteroatoms. The first-order valence-electron chi connectivity index (χ1n) is 6.32. The third-order valence-electron chi connectivity index (χ3n) is 2.69. The summed E-state index contributed by atoms with van der Waals surface area (Å²) >= 11 is 0. The summed E-state index contributed by atoms with van der Waals surface area (Å²) in [5.41, 5.74) is 0. The van der Waals surface area contributed by atoms with Gasteiger partial charge in [-0.05, 0) is 28.2 Å². The molecule has 2 heterocycles. The van der Waals surface area contributed by atoms with Gasteiger partial charge in [0.2, 0.25) is 0 Å². The molecule has 0 amide bonds. The summed E-state index contributed by atoms with van der Waals surface area (Å²) < 4.78 is 0. The lowest BCUT2D eigenvalue weighted by Crippen LogP contribution is -2.18. The molecule has 2 rings (SSSR count). The Morgan fingerprint density at radius 3 is 0.750 bits per heavy atom. The van der Waals surface area contributed by atoms with Gasteiger partial charge in [0.25, 0.3) is 0 Å². The van der Waals surface area contributed by atoms with Crippen molar-refractivity contribution >= 4 is 0 Å². The van der Waals surface area contributed by atoms with Crippen LogP contribution in [0.3, 0.4) is 0 Å². The highest BCUT2D eigenvalue weighted by molar-refractivity contribution is 4.62. The van der Waals surface area contributed by atoms with Gasteiger partial charge in [-0.3, -0.25) is 19.6 Å². The van der Waals surface area contributed by atoms with Crippen molar-refractivity contribution in [2.75, 3.05) is 67.7 Å². The monoisotopic (exact) mass is 230 g/mol. The first-order chi connectivity index (χ1) is 7.58. The molecule has 0 aliphatic carbocycles. The van der Waals surface area contributed by atoms with E-state index >= 15 is 0 Å². The van der Waals surface area contributed by atoms with Crippen molar-refractivity contribution in [1.29, 1.82) is 0 Å². The van der Waals surface area contributed by atoms with Gasteiger partial charge in [0.1, 0.15) is 0 Å². The molecule has 98 valence electrons. The van der Waals surface area contributed by atoms with Crippen LogP contribution in [-0.4, -0.2) is 87.3 Å². The van der Waals surface area contributed by atoms with E-state index in [0.29, 0.717) is 0 Å². The molecule has 4 nitrogen and oxygen atoms in total. The molecule has 0 saturated carbocycles. The molecule has 2 fully saturated rings. The molecule has 16 heavy (non-hydrogen) atoms. The van der Waals surface area contributed by atoms with E-state index in [-0.39, 0.29) is 0 Å². The van der Waals surface area contributed by atoms with Crippen molar-refractivity contribution < 1.29 is 0 Å². The van der Waals surface area contributed by atoms with Crippen molar-refractivity contribution in [3.05, 3.63) is 0 Å². The Morgan fingerprint density at radius 1 is 0.500 bits per heavy atom. The van der Waals surface area contributed by atoms with E-state index in [1.54, 1.807) is 0 Å². The van der Waals surface area contributed by atoms with Crippen LogP contribution < -0.4 is 0 Å². The Balaban J connectivity index is 0.000000244. The average molecular weight is 230 g/mol. The zero-order chi connectivity index (χ0) is 12.6. The molecule has 2 aliphatic rings. The molecular formula is C12H30N4. The SMILES string of the molecule is CC.CN1CCN(C)C1.CN1CCN(C)C1. The predicted molar refractivity (Wildman–Crippen MR) is 71.6 cm³/mol. The van der Waals surface area contributed by atoms with E-state index in [1.165, 1.54) is 26.2 Å². The maximum atomic E-state index is 2.31. The Morgan fingerprint density at radius 2 is 0.688 bits per heavy atom. The van der Waals surface area contributed by atoms with Crippen molar-refractivity contribution in [2.45, 2.75) is 13.8 Å². The number of hydrogen-bond donors (Lipinski definition) is 0. The highest BCUT2D eigenvalue weighted by atomic mass is 15.3. The molecule has 0 radical (unpaired) electrons. The van der Waals surface area contributed by atoms with Gasteiger partial charge in [-0.2, -0.15) is 0 Å². The van der Waals surface area contributed by atoms with Gasteiger partial charge < -0.3 is 0 Å². The molecule has 2 saturated heterocycles. The van der Waals surface area contributed by atoms with E-state index in [2.05, 4.69) is 47.8 Å². The van der Waals surface area contributed by atoms with Crippen molar-refractivity contribution in [1.82, 2.24) is 19.6 Å². The average Bonchev–Trinajstić information content (AvgIpc) is 2.80. The van der Waals surface area contributed by atoms with Crippen LogP contribution in [0.2, 0.25) is 0 Å². The lowest BCUT2D eigenvalue weighted by Gasteiger charge is -2.06. The highest BCUT2D eigenvalue weighted by Gasteiger charge is 2.10. The fourth-order valence-corrected chi connectivity index (χ4v) is 1.79. The lowest BCUT2D eigenvalue weighted by molar-refractivity contribution is 0.318. The van der Waals surface area contributed by atoms with Crippen LogP contribution in [0.5, 0.6) is 0 Å². The Kier molecular flexibility index (Phi) is 8.84. The molecule has 0 N–H and O–H groups in total. The number of likely N-dealkylation sites (N-methyl/N-ethyl adjacent to an activating group) is 4. The smallest absolute Gasteiger partial charge is 0.0501 e. The molecule has 0 spiro atoms. The fraction of sp³-hybridized carbons (Fsp3) is 1.00. The van der Waals surface area contributed by atoms with Crippen LogP contribution in [0, 0.1) is 0 Å². The molecule has 0 unspecified atom stereocenters. The zero-order valence-electron chi connectivity index (χ0n) is 12.0. The van der Waals surface area contributed by atoms with Gasteiger partial charge in [-0.25, -0.2) is 0 Å². The van der Waals surface area contributed by atoms with Crippen molar-refractivity contribution in [3.8, 4) is 0 Å². The topological polar surface area (TPSA) is 13.0 Å².